The van der Waals surface area contributed by atoms with Crippen molar-refractivity contribution >= 4 is 17.7 Å². The predicted molar refractivity (Wildman–Crippen MR) is 104 cm³/mol. The van der Waals surface area contributed by atoms with Gasteiger partial charge in [0, 0.05) is 17.2 Å². The molecule has 2 aromatic heterocycles. The van der Waals surface area contributed by atoms with E-state index < -0.39 is 5.97 Å². The maximum Gasteiger partial charge on any atom is 0.340 e. The van der Waals surface area contributed by atoms with E-state index in [9.17, 15) is 10.1 Å². The molecule has 2 heterocycles. The Kier molecular flexibility index (Phi) is 5.13. The Bertz CT molecular complexity index is 1050. The van der Waals surface area contributed by atoms with Gasteiger partial charge in [-0.15, -0.1) is 11.8 Å². The standard InChI is InChI=1S/C21H17N3O3S/c1-28-20-16(10-22)15(9-17(24-20)13-7-8-13)21(25)26-12-19-23-11-18(27-19)14-5-3-2-4-6-14/h2-6,9,11,13H,7-8,12H2,1H3. The van der Waals surface area contributed by atoms with E-state index in [1.807, 2.05) is 36.6 Å². The summed E-state index contributed by atoms with van der Waals surface area (Å²) in [5.41, 5.74) is 2.24. The van der Waals surface area contributed by atoms with E-state index in [0.29, 0.717) is 22.6 Å². The molecule has 7 heteroatoms. The molecule has 1 fully saturated rings. The number of hydrogen-bond donors (Lipinski definition) is 0. The fraction of sp³-hybridized carbons (Fsp3) is 0.238. The third-order valence-corrected chi connectivity index (χ3v) is 5.15. The number of thioether (sulfide) groups is 1. The first-order chi connectivity index (χ1) is 13.7. The highest BCUT2D eigenvalue weighted by Crippen LogP contribution is 2.40. The molecule has 1 aliphatic rings. The van der Waals surface area contributed by atoms with Crippen molar-refractivity contribution in [2.45, 2.75) is 30.4 Å². The van der Waals surface area contributed by atoms with Crippen molar-refractivity contribution in [1.29, 1.82) is 5.26 Å². The van der Waals surface area contributed by atoms with E-state index in [-0.39, 0.29) is 17.7 Å². The summed E-state index contributed by atoms with van der Waals surface area (Å²) in [5, 5.41) is 10.1. The highest BCUT2D eigenvalue weighted by atomic mass is 32.2. The van der Waals surface area contributed by atoms with E-state index in [4.69, 9.17) is 9.15 Å². The summed E-state index contributed by atoms with van der Waals surface area (Å²) in [6, 6.07) is 13.3. The van der Waals surface area contributed by atoms with Gasteiger partial charge in [0.15, 0.2) is 12.4 Å². The van der Waals surface area contributed by atoms with Gasteiger partial charge in [-0.25, -0.2) is 14.8 Å². The highest BCUT2D eigenvalue weighted by Gasteiger charge is 2.29. The maximum absolute atomic E-state index is 12.7. The predicted octanol–water partition coefficient (Wildman–Crippen LogP) is 4.56. The minimum Gasteiger partial charge on any atom is -0.452 e. The van der Waals surface area contributed by atoms with E-state index in [1.54, 1.807) is 12.3 Å². The molecule has 4 rings (SSSR count). The summed E-state index contributed by atoms with van der Waals surface area (Å²) in [6.07, 6.45) is 5.55. The van der Waals surface area contributed by atoms with E-state index >= 15 is 0 Å². The number of esters is 1. The van der Waals surface area contributed by atoms with Crippen molar-refractivity contribution < 1.29 is 13.9 Å². The molecule has 0 radical (unpaired) electrons. The van der Waals surface area contributed by atoms with E-state index in [2.05, 4.69) is 16.0 Å². The molecule has 1 saturated carbocycles. The molecule has 0 unspecified atom stereocenters. The Morgan fingerprint density at radius 3 is 2.82 bits per heavy atom. The summed E-state index contributed by atoms with van der Waals surface area (Å²) in [5.74, 6) is 0.696. The molecule has 0 aliphatic heterocycles. The number of rotatable bonds is 6. The van der Waals surface area contributed by atoms with Crippen LogP contribution in [0.2, 0.25) is 0 Å². The molecule has 1 aliphatic carbocycles. The Morgan fingerprint density at radius 2 is 2.14 bits per heavy atom. The fourth-order valence-electron chi connectivity index (χ4n) is 2.86. The molecular weight excluding hydrogens is 374 g/mol. The summed E-state index contributed by atoms with van der Waals surface area (Å²) < 4.78 is 11.0. The van der Waals surface area contributed by atoms with Gasteiger partial charge < -0.3 is 9.15 Å². The van der Waals surface area contributed by atoms with Gasteiger partial charge in [-0.2, -0.15) is 5.26 Å². The molecule has 140 valence electrons. The number of nitrogens with zero attached hydrogens (tertiary/aromatic N) is 3. The van der Waals surface area contributed by atoms with Gasteiger partial charge in [0.25, 0.3) is 0 Å². The number of carbonyl (C=O) groups is 1. The van der Waals surface area contributed by atoms with E-state index in [0.717, 1.165) is 24.1 Å². The molecule has 0 amide bonds. The number of nitriles is 1. The van der Waals surface area contributed by atoms with E-state index in [1.165, 1.54) is 11.8 Å². The van der Waals surface area contributed by atoms with Crippen LogP contribution in [0.3, 0.4) is 0 Å². The molecule has 1 aromatic carbocycles. The Balaban J connectivity index is 1.52. The largest absolute Gasteiger partial charge is 0.452 e. The van der Waals surface area contributed by atoms with Crippen LogP contribution in [0.1, 0.15) is 46.3 Å². The zero-order valence-electron chi connectivity index (χ0n) is 15.2. The summed E-state index contributed by atoms with van der Waals surface area (Å²) >= 11 is 1.35. The van der Waals surface area contributed by atoms with Crippen molar-refractivity contribution in [3.8, 4) is 17.4 Å². The molecule has 6 nitrogen and oxygen atoms in total. The molecule has 0 atom stereocenters. The van der Waals surface area contributed by atoms with Gasteiger partial charge in [-0.3, -0.25) is 0 Å². The number of carbonyl (C=O) groups excluding carboxylic acids is 1. The second kappa shape index (κ2) is 7.87. The minimum absolute atomic E-state index is 0.105. The third kappa shape index (κ3) is 3.78. The van der Waals surface area contributed by atoms with Crippen LogP contribution in [-0.4, -0.2) is 22.2 Å². The van der Waals surface area contributed by atoms with Crippen LogP contribution in [0.5, 0.6) is 0 Å². The molecule has 0 saturated heterocycles. The van der Waals surface area contributed by atoms with Gasteiger partial charge in [-0.05, 0) is 25.2 Å². The first-order valence-corrected chi connectivity index (χ1v) is 10.1. The highest BCUT2D eigenvalue weighted by molar-refractivity contribution is 7.98. The Labute approximate surface area is 166 Å². The smallest absolute Gasteiger partial charge is 0.340 e. The Morgan fingerprint density at radius 1 is 1.36 bits per heavy atom. The van der Waals surface area contributed by atoms with Gasteiger partial charge in [0.05, 0.1) is 17.3 Å². The topological polar surface area (TPSA) is 89.0 Å². The second-order valence-corrected chi connectivity index (χ2v) is 7.22. The number of ether oxygens (including phenoxy) is 1. The number of benzene rings is 1. The fourth-order valence-corrected chi connectivity index (χ4v) is 3.42. The van der Waals surface area contributed by atoms with Crippen LogP contribution in [0.4, 0.5) is 0 Å². The van der Waals surface area contributed by atoms with Crippen molar-refractivity contribution in [3.05, 3.63) is 65.3 Å². The summed E-state index contributed by atoms with van der Waals surface area (Å²) in [4.78, 5) is 21.3. The average molecular weight is 391 g/mol. The lowest BCUT2D eigenvalue weighted by Gasteiger charge is -2.09. The Hall–Kier alpha value is -3.11. The lowest BCUT2D eigenvalue weighted by molar-refractivity contribution is 0.0438. The molecule has 0 bridgehead atoms. The number of hydrogen-bond acceptors (Lipinski definition) is 7. The van der Waals surface area contributed by atoms with Crippen LogP contribution in [-0.2, 0) is 11.3 Å². The van der Waals surface area contributed by atoms with Gasteiger partial charge >= 0.3 is 5.97 Å². The van der Waals surface area contributed by atoms with Crippen LogP contribution >= 0.6 is 11.8 Å². The average Bonchev–Trinajstić information content (AvgIpc) is 3.49. The molecule has 0 N–H and O–H groups in total. The van der Waals surface area contributed by atoms with Crippen LogP contribution in [0, 0.1) is 11.3 Å². The SMILES string of the molecule is CSc1nc(C2CC2)cc(C(=O)OCc2ncc(-c3ccccc3)o2)c1C#N. The van der Waals surface area contributed by atoms with Crippen molar-refractivity contribution in [3.63, 3.8) is 0 Å². The maximum atomic E-state index is 12.7. The van der Waals surface area contributed by atoms with Crippen molar-refractivity contribution in [1.82, 2.24) is 9.97 Å². The molecular formula is C21H17N3O3S. The quantitative estimate of drug-likeness (QED) is 0.449. The summed E-state index contributed by atoms with van der Waals surface area (Å²) in [6.45, 7) is -0.105. The minimum atomic E-state index is -0.574. The van der Waals surface area contributed by atoms with Gasteiger partial charge in [0.2, 0.25) is 5.89 Å². The van der Waals surface area contributed by atoms with Crippen molar-refractivity contribution in [2.24, 2.45) is 0 Å². The zero-order valence-corrected chi connectivity index (χ0v) is 16.0. The van der Waals surface area contributed by atoms with Crippen molar-refractivity contribution in [2.75, 3.05) is 6.26 Å². The second-order valence-electron chi connectivity index (χ2n) is 6.43. The number of oxazole rings is 1. The monoisotopic (exact) mass is 391 g/mol. The molecule has 0 spiro atoms. The lowest BCUT2D eigenvalue weighted by Crippen LogP contribution is -2.10. The van der Waals surface area contributed by atoms with Gasteiger partial charge in [0.1, 0.15) is 11.1 Å². The third-order valence-electron chi connectivity index (χ3n) is 4.47. The zero-order chi connectivity index (χ0) is 19.5. The first kappa shape index (κ1) is 18.3. The number of aromatic nitrogens is 2. The van der Waals surface area contributed by atoms with Crippen LogP contribution in [0.15, 0.2) is 52.0 Å². The number of pyridine rings is 1. The normalized spacial score (nSPS) is 13.1. The first-order valence-electron chi connectivity index (χ1n) is 8.86. The van der Waals surface area contributed by atoms with Crippen LogP contribution < -0.4 is 0 Å². The van der Waals surface area contributed by atoms with Crippen LogP contribution in [0.25, 0.3) is 11.3 Å². The molecule has 3 aromatic rings. The van der Waals surface area contributed by atoms with Gasteiger partial charge in [-0.1, -0.05) is 30.3 Å². The lowest BCUT2D eigenvalue weighted by atomic mass is 10.1. The summed E-state index contributed by atoms with van der Waals surface area (Å²) in [7, 11) is 0. The molecule has 28 heavy (non-hydrogen) atoms.